The van der Waals surface area contributed by atoms with Crippen LogP contribution in [0.5, 0.6) is 0 Å². The highest BCUT2D eigenvalue weighted by atomic mass is 16.5. The molecule has 0 fully saturated rings. The van der Waals surface area contributed by atoms with Crippen molar-refractivity contribution in [1.82, 2.24) is 10.4 Å². The lowest BCUT2D eigenvalue weighted by Gasteiger charge is -2.23. The maximum absolute atomic E-state index is 12.3. The van der Waals surface area contributed by atoms with Crippen molar-refractivity contribution < 1.29 is 14.8 Å². The average molecular weight is 278 g/mol. The second-order valence-electron chi connectivity index (χ2n) is 5.34. The van der Waals surface area contributed by atoms with Crippen molar-refractivity contribution in [2.75, 3.05) is 7.05 Å². The summed E-state index contributed by atoms with van der Waals surface area (Å²) in [5.74, 6) is -1.60. The molecule has 0 aromatic heterocycles. The predicted molar refractivity (Wildman–Crippen MR) is 75.8 cm³/mol. The van der Waals surface area contributed by atoms with Crippen molar-refractivity contribution in [3.05, 3.63) is 35.9 Å². The topological polar surface area (TPSA) is 69.6 Å². The molecule has 0 aliphatic rings. The predicted octanol–water partition coefficient (Wildman–Crippen LogP) is 1.81. The number of rotatable bonds is 6. The molecule has 0 radical (unpaired) electrons. The Hall–Kier alpha value is -1.88. The summed E-state index contributed by atoms with van der Waals surface area (Å²) >= 11 is 0. The van der Waals surface area contributed by atoms with Gasteiger partial charge >= 0.3 is 0 Å². The number of benzene rings is 1. The molecular formula is C15H22N2O3. The Morgan fingerprint density at radius 3 is 2.35 bits per heavy atom. The highest BCUT2D eigenvalue weighted by molar-refractivity contribution is 5.99. The first-order valence-corrected chi connectivity index (χ1v) is 6.68. The SMILES string of the molecule is CC(C)CC(C(=O)NO)C(=O)N(C)Cc1ccccc1. The van der Waals surface area contributed by atoms with Crippen molar-refractivity contribution in [1.29, 1.82) is 0 Å². The van der Waals surface area contributed by atoms with Gasteiger partial charge in [0.15, 0.2) is 0 Å². The Balaban J connectivity index is 2.75. The fourth-order valence-electron chi connectivity index (χ4n) is 2.07. The lowest BCUT2D eigenvalue weighted by molar-refractivity contribution is -0.146. The van der Waals surface area contributed by atoms with Crippen LogP contribution < -0.4 is 5.48 Å². The van der Waals surface area contributed by atoms with E-state index in [1.54, 1.807) is 12.5 Å². The van der Waals surface area contributed by atoms with Crippen molar-refractivity contribution in [3.63, 3.8) is 0 Å². The van der Waals surface area contributed by atoms with E-state index in [1.807, 2.05) is 44.2 Å². The third kappa shape index (κ3) is 4.66. The molecule has 1 unspecified atom stereocenters. The van der Waals surface area contributed by atoms with Gasteiger partial charge in [-0.25, -0.2) is 5.48 Å². The monoisotopic (exact) mass is 278 g/mol. The van der Waals surface area contributed by atoms with Crippen LogP contribution in [0, 0.1) is 11.8 Å². The third-order valence-electron chi connectivity index (χ3n) is 3.07. The van der Waals surface area contributed by atoms with Crippen LogP contribution in [0.4, 0.5) is 0 Å². The van der Waals surface area contributed by atoms with E-state index in [2.05, 4.69) is 0 Å². The molecule has 2 N–H and O–H groups in total. The fourth-order valence-corrected chi connectivity index (χ4v) is 2.07. The number of hydrogen-bond acceptors (Lipinski definition) is 3. The van der Waals surface area contributed by atoms with Gasteiger partial charge in [-0.05, 0) is 17.9 Å². The molecule has 20 heavy (non-hydrogen) atoms. The summed E-state index contributed by atoms with van der Waals surface area (Å²) in [6.45, 7) is 4.30. The van der Waals surface area contributed by atoms with Crippen molar-refractivity contribution in [2.45, 2.75) is 26.8 Å². The van der Waals surface area contributed by atoms with Gasteiger partial charge in [0.25, 0.3) is 5.91 Å². The molecule has 1 aromatic carbocycles. The van der Waals surface area contributed by atoms with Gasteiger partial charge in [0.05, 0.1) is 0 Å². The van der Waals surface area contributed by atoms with Crippen LogP contribution in [0.2, 0.25) is 0 Å². The second-order valence-corrected chi connectivity index (χ2v) is 5.34. The second kappa shape index (κ2) is 7.65. The minimum Gasteiger partial charge on any atom is -0.341 e. The van der Waals surface area contributed by atoms with Crippen molar-refractivity contribution >= 4 is 11.8 Å². The molecule has 110 valence electrons. The van der Waals surface area contributed by atoms with Gasteiger partial charge in [0.1, 0.15) is 5.92 Å². The molecule has 1 atom stereocenters. The van der Waals surface area contributed by atoms with Gasteiger partial charge in [-0.15, -0.1) is 0 Å². The number of nitrogens with one attached hydrogen (secondary N) is 1. The molecule has 1 aromatic rings. The first kappa shape index (κ1) is 16.2. The van der Waals surface area contributed by atoms with E-state index in [0.717, 1.165) is 5.56 Å². The highest BCUT2D eigenvalue weighted by Crippen LogP contribution is 2.16. The van der Waals surface area contributed by atoms with E-state index < -0.39 is 11.8 Å². The van der Waals surface area contributed by atoms with Gasteiger partial charge in [-0.1, -0.05) is 44.2 Å². The largest absolute Gasteiger partial charge is 0.341 e. The Morgan fingerprint density at radius 1 is 1.25 bits per heavy atom. The highest BCUT2D eigenvalue weighted by Gasteiger charge is 2.29. The molecule has 5 heteroatoms. The summed E-state index contributed by atoms with van der Waals surface area (Å²) in [6.07, 6.45) is 0.407. The first-order chi connectivity index (χ1) is 9.45. The molecule has 1 rings (SSSR count). The van der Waals surface area contributed by atoms with Gasteiger partial charge in [-0.3, -0.25) is 14.8 Å². The quantitative estimate of drug-likeness (QED) is 0.474. The summed E-state index contributed by atoms with van der Waals surface area (Å²) in [5, 5.41) is 8.77. The zero-order chi connectivity index (χ0) is 15.1. The van der Waals surface area contributed by atoms with Gasteiger partial charge in [0, 0.05) is 13.6 Å². The minimum atomic E-state index is -0.853. The van der Waals surface area contributed by atoms with Gasteiger partial charge < -0.3 is 4.90 Å². The third-order valence-corrected chi connectivity index (χ3v) is 3.07. The summed E-state index contributed by atoms with van der Waals surface area (Å²) in [6, 6.07) is 9.56. The van der Waals surface area contributed by atoms with Gasteiger partial charge in [0.2, 0.25) is 5.91 Å². The van der Waals surface area contributed by atoms with E-state index in [9.17, 15) is 9.59 Å². The summed E-state index contributed by atoms with van der Waals surface area (Å²) in [5.41, 5.74) is 2.58. The Kier molecular flexibility index (Phi) is 6.18. The standard InChI is InChI=1S/C15H22N2O3/c1-11(2)9-13(14(18)16-20)15(19)17(3)10-12-7-5-4-6-8-12/h4-8,11,13,20H,9-10H2,1-3H3,(H,16,18). The zero-order valence-electron chi connectivity index (χ0n) is 12.2. The summed E-state index contributed by atoms with van der Waals surface area (Å²) in [4.78, 5) is 25.5. The van der Waals surface area contributed by atoms with Crippen LogP contribution in [0.3, 0.4) is 0 Å². The molecule has 5 nitrogen and oxygen atoms in total. The van der Waals surface area contributed by atoms with E-state index in [4.69, 9.17) is 5.21 Å². The van der Waals surface area contributed by atoms with E-state index in [1.165, 1.54) is 4.90 Å². The van der Waals surface area contributed by atoms with E-state index >= 15 is 0 Å². The van der Waals surface area contributed by atoms with Crippen LogP contribution >= 0.6 is 0 Å². The Morgan fingerprint density at radius 2 is 1.85 bits per heavy atom. The molecular weight excluding hydrogens is 256 g/mol. The average Bonchev–Trinajstić information content (AvgIpc) is 2.44. The molecule has 0 saturated carbocycles. The summed E-state index contributed by atoms with van der Waals surface area (Å²) < 4.78 is 0. The zero-order valence-corrected chi connectivity index (χ0v) is 12.2. The Bertz CT molecular complexity index is 446. The lowest BCUT2D eigenvalue weighted by atomic mass is 9.95. The first-order valence-electron chi connectivity index (χ1n) is 6.68. The van der Waals surface area contributed by atoms with Crippen LogP contribution in [-0.2, 0) is 16.1 Å². The number of amides is 2. The number of carbonyl (C=O) groups is 2. The molecule has 0 saturated heterocycles. The number of nitrogens with zero attached hydrogens (tertiary/aromatic N) is 1. The van der Waals surface area contributed by atoms with Crippen molar-refractivity contribution in [2.24, 2.45) is 11.8 Å². The molecule has 0 bridgehead atoms. The normalized spacial score (nSPS) is 12.1. The minimum absolute atomic E-state index is 0.186. The van der Waals surface area contributed by atoms with E-state index in [0.29, 0.717) is 13.0 Å². The smallest absolute Gasteiger partial charge is 0.255 e. The Labute approximate surface area is 119 Å². The number of hydroxylamine groups is 1. The maximum atomic E-state index is 12.3. The number of carbonyl (C=O) groups excluding carboxylic acids is 2. The molecule has 2 amide bonds. The number of hydrogen-bond donors (Lipinski definition) is 2. The van der Waals surface area contributed by atoms with Gasteiger partial charge in [-0.2, -0.15) is 0 Å². The van der Waals surface area contributed by atoms with Crippen LogP contribution in [0.25, 0.3) is 0 Å². The van der Waals surface area contributed by atoms with E-state index in [-0.39, 0.29) is 11.8 Å². The molecule has 0 heterocycles. The summed E-state index contributed by atoms with van der Waals surface area (Å²) in [7, 11) is 1.66. The lowest BCUT2D eigenvalue weighted by Crippen LogP contribution is -2.41. The molecule has 0 aliphatic heterocycles. The van der Waals surface area contributed by atoms with Crippen LogP contribution in [0.1, 0.15) is 25.8 Å². The molecule has 0 spiro atoms. The van der Waals surface area contributed by atoms with Crippen LogP contribution in [-0.4, -0.2) is 29.0 Å². The fraction of sp³-hybridized carbons (Fsp3) is 0.467. The molecule has 0 aliphatic carbocycles. The van der Waals surface area contributed by atoms with Crippen molar-refractivity contribution in [3.8, 4) is 0 Å². The maximum Gasteiger partial charge on any atom is 0.255 e. The van der Waals surface area contributed by atoms with Crippen LogP contribution in [0.15, 0.2) is 30.3 Å².